The Morgan fingerprint density at radius 1 is 1.43 bits per heavy atom. The van der Waals surface area contributed by atoms with Crippen LogP contribution in [0.1, 0.15) is 20.3 Å². The van der Waals surface area contributed by atoms with E-state index in [9.17, 15) is 9.59 Å². The Hall–Kier alpha value is -1.26. The van der Waals surface area contributed by atoms with Gasteiger partial charge in [0.25, 0.3) is 0 Å². The quantitative estimate of drug-likeness (QED) is 0.640. The first kappa shape index (κ1) is 12.7. The molecule has 1 atom stereocenters. The number of carbonyl (C=O) groups is 2. The number of methoxy groups -OCH3 is 1. The predicted molar refractivity (Wildman–Crippen MR) is 50.9 cm³/mol. The van der Waals surface area contributed by atoms with Crippen LogP contribution < -0.4 is 0 Å². The molecule has 0 saturated heterocycles. The largest absolute Gasteiger partial charge is 0.466 e. The smallest absolute Gasteiger partial charge is 0.409 e. The number of esters is 1. The van der Waals surface area contributed by atoms with Crippen molar-refractivity contribution in [3.8, 4) is 0 Å². The Labute approximate surface area is 84.0 Å². The first-order chi connectivity index (χ1) is 6.52. The lowest BCUT2D eigenvalue weighted by Crippen LogP contribution is -2.36. The molecular formula is C9H17NO4. The first-order valence-electron chi connectivity index (χ1n) is 4.49. The molecular weight excluding hydrogens is 186 g/mol. The zero-order valence-corrected chi connectivity index (χ0v) is 9.07. The zero-order chi connectivity index (χ0) is 11.1. The molecule has 0 radical (unpaired) electrons. The molecule has 1 unspecified atom stereocenters. The lowest BCUT2D eigenvalue weighted by molar-refractivity contribution is -0.144. The maximum atomic E-state index is 11.1. The summed E-state index contributed by atoms with van der Waals surface area (Å²) in [6.45, 7) is 3.86. The Bertz CT molecular complexity index is 205. The Balaban J connectivity index is 4.00. The number of carbonyl (C=O) groups excluding carboxylic acids is 2. The van der Waals surface area contributed by atoms with Gasteiger partial charge in [-0.15, -0.1) is 0 Å². The molecule has 0 aliphatic carbocycles. The third kappa shape index (κ3) is 4.11. The second-order valence-corrected chi connectivity index (χ2v) is 2.94. The SMILES string of the molecule is CCOC(=O)CC(C)N(C)C(=O)OC. The molecule has 1 amide bonds. The molecule has 0 aromatic rings. The maximum Gasteiger partial charge on any atom is 0.409 e. The van der Waals surface area contributed by atoms with Gasteiger partial charge in [-0.1, -0.05) is 0 Å². The minimum Gasteiger partial charge on any atom is -0.466 e. The van der Waals surface area contributed by atoms with Gasteiger partial charge in [-0.05, 0) is 13.8 Å². The van der Waals surface area contributed by atoms with Crippen LogP contribution in [-0.4, -0.2) is 43.8 Å². The van der Waals surface area contributed by atoms with E-state index in [4.69, 9.17) is 4.74 Å². The third-order valence-electron chi connectivity index (χ3n) is 1.89. The number of rotatable bonds is 4. The van der Waals surface area contributed by atoms with Gasteiger partial charge in [0.2, 0.25) is 0 Å². The summed E-state index contributed by atoms with van der Waals surface area (Å²) < 4.78 is 9.27. The highest BCUT2D eigenvalue weighted by molar-refractivity contribution is 5.72. The summed E-state index contributed by atoms with van der Waals surface area (Å²) in [6, 6.07) is -0.221. The number of nitrogens with zero attached hydrogens (tertiary/aromatic N) is 1. The van der Waals surface area contributed by atoms with Gasteiger partial charge in [-0.2, -0.15) is 0 Å². The van der Waals surface area contributed by atoms with Crippen LogP contribution in [-0.2, 0) is 14.3 Å². The van der Waals surface area contributed by atoms with Crippen molar-refractivity contribution in [3.63, 3.8) is 0 Å². The number of hydrogen-bond donors (Lipinski definition) is 0. The van der Waals surface area contributed by atoms with Crippen molar-refractivity contribution < 1.29 is 19.1 Å². The van der Waals surface area contributed by atoms with Crippen LogP contribution in [0.4, 0.5) is 4.79 Å². The minimum absolute atomic E-state index is 0.180. The predicted octanol–water partition coefficient (Wildman–Crippen LogP) is 1.03. The van der Waals surface area contributed by atoms with Gasteiger partial charge in [0.15, 0.2) is 0 Å². The Morgan fingerprint density at radius 2 is 2.00 bits per heavy atom. The van der Waals surface area contributed by atoms with Crippen molar-refractivity contribution in [2.45, 2.75) is 26.3 Å². The molecule has 0 spiro atoms. The lowest BCUT2D eigenvalue weighted by Gasteiger charge is -2.22. The molecule has 0 aromatic carbocycles. The summed E-state index contributed by atoms with van der Waals surface area (Å²) in [5, 5.41) is 0. The molecule has 0 bridgehead atoms. The van der Waals surface area contributed by atoms with Crippen LogP contribution in [0, 0.1) is 0 Å². The lowest BCUT2D eigenvalue weighted by atomic mass is 10.2. The normalized spacial score (nSPS) is 11.7. The second kappa shape index (κ2) is 6.23. The van der Waals surface area contributed by atoms with Crippen molar-refractivity contribution >= 4 is 12.1 Å². The van der Waals surface area contributed by atoms with E-state index in [1.807, 2.05) is 0 Å². The molecule has 82 valence electrons. The van der Waals surface area contributed by atoms with Gasteiger partial charge in [0, 0.05) is 13.1 Å². The fourth-order valence-electron chi connectivity index (χ4n) is 0.922. The molecule has 0 heterocycles. The highest BCUT2D eigenvalue weighted by Gasteiger charge is 2.19. The van der Waals surface area contributed by atoms with E-state index in [1.54, 1.807) is 20.9 Å². The minimum atomic E-state index is -0.457. The molecule has 0 aromatic heterocycles. The summed E-state index contributed by atoms with van der Waals surface area (Å²) in [4.78, 5) is 23.5. The fourth-order valence-corrected chi connectivity index (χ4v) is 0.922. The highest BCUT2D eigenvalue weighted by atomic mass is 16.5. The van der Waals surface area contributed by atoms with Crippen LogP contribution in [0.2, 0.25) is 0 Å². The van der Waals surface area contributed by atoms with E-state index in [0.717, 1.165) is 0 Å². The van der Waals surface area contributed by atoms with Gasteiger partial charge < -0.3 is 14.4 Å². The van der Waals surface area contributed by atoms with E-state index in [0.29, 0.717) is 6.61 Å². The van der Waals surface area contributed by atoms with Gasteiger partial charge in [0.1, 0.15) is 0 Å². The molecule has 0 N–H and O–H groups in total. The molecule has 5 heteroatoms. The van der Waals surface area contributed by atoms with Crippen molar-refractivity contribution in [2.24, 2.45) is 0 Å². The molecule has 0 aliphatic rings. The number of amides is 1. The van der Waals surface area contributed by atoms with E-state index in [1.165, 1.54) is 12.0 Å². The third-order valence-corrected chi connectivity index (χ3v) is 1.89. The molecule has 0 fully saturated rings. The Kier molecular flexibility index (Phi) is 5.67. The summed E-state index contributed by atoms with van der Waals surface area (Å²) in [5.74, 6) is -0.309. The summed E-state index contributed by atoms with van der Waals surface area (Å²) in [7, 11) is 2.88. The average Bonchev–Trinajstić information content (AvgIpc) is 2.15. The standard InChI is InChI=1S/C9H17NO4/c1-5-14-8(11)6-7(2)10(3)9(12)13-4/h7H,5-6H2,1-4H3. The summed E-state index contributed by atoms with van der Waals surface area (Å²) in [6.07, 6.45) is -0.277. The average molecular weight is 203 g/mol. The Morgan fingerprint density at radius 3 is 2.43 bits per heavy atom. The maximum absolute atomic E-state index is 11.1. The van der Waals surface area contributed by atoms with Gasteiger partial charge >= 0.3 is 12.1 Å². The number of ether oxygens (including phenoxy) is 2. The highest BCUT2D eigenvalue weighted by Crippen LogP contribution is 2.04. The van der Waals surface area contributed by atoms with Gasteiger partial charge in [0.05, 0.1) is 20.1 Å². The van der Waals surface area contributed by atoms with Gasteiger partial charge in [-0.3, -0.25) is 4.79 Å². The van der Waals surface area contributed by atoms with Crippen LogP contribution >= 0.6 is 0 Å². The first-order valence-corrected chi connectivity index (χ1v) is 4.49. The van der Waals surface area contributed by atoms with E-state index >= 15 is 0 Å². The fraction of sp³-hybridized carbons (Fsp3) is 0.778. The molecule has 14 heavy (non-hydrogen) atoms. The zero-order valence-electron chi connectivity index (χ0n) is 9.07. The second-order valence-electron chi connectivity index (χ2n) is 2.94. The topological polar surface area (TPSA) is 55.8 Å². The molecule has 0 aliphatic heterocycles. The molecule has 5 nitrogen and oxygen atoms in total. The van der Waals surface area contributed by atoms with Crippen molar-refractivity contribution in [1.29, 1.82) is 0 Å². The van der Waals surface area contributed by atoms with E-state index < -0.39 is 6.09 Å². The van der Waals surface area contributed by atoms with Crippen LogP contribution in [0.15, 0.2) is 0 Å². The van der Waals surface area contributed by atoms with Crippen LogP contribution in [0.25, 0.3) is 0 Å². The van der Waals surface area contributed by atoms with E-state index in [2.05, 4.69) is 4.74 Å². The number of hydrogen-bond acceptors (Lipinski definition) is 4. The molecule has 0 rings (SSSR count). The summed E-state index contributed by atoms with van der Waals surface area (Å²) >= 11 is 0. The van der Waals surface area contributed by atoms with E-state index in [-0.39, 0.29) is 18.4 Å². The van der Waals surface area contributed by atoms with Crippen molar-refractivity contribution in [2.75, 3.05) is 20.8 Å². The monoisotopic (exact) mass is 203 g/mol. The summed E-state index contributed by atoms with van der Waals surface area (Å²) in [5.41, 5.74) is 0. The van der Waals surface area contributed by atoms with Crippen molar-refractivity contribution in [1.82, 2.24) is 4.90 Å². The van der Waals surface area contributed by atoms with Gasteiger partial charge in [-0.25, -0.2) is 4.79 Å². The van der Waals surface area contributed by atoms with Crippen molar-refractivity contribution in [3.05, 3.63) is 0 Å². The van der Waals surface area contributed by atoms with Crippen LogP contribution in [0.3, 0.4) is 0 Å². The van der Waals surface area contributed by atoms with Crippen LogP contribution in [0.5, 0.6) is 0 Å². The molecule has 0 saturated carbocycles.